The van der Waals surface area contributed by atoms with Crippen LogP contribution in [-0.2, 0) is 4.74 Å². The topological polar surface area (TPSA) is 58.1 Å². The Morgan fingerprint density at radius 3 is 2.52 bits per heavy atom. The van der Waals surface area contributed by atoms with Crippen LogP contribution in [0.3, 0.4) is 0 Å². The second kappa shape index (κ2) is 11.7. The first-order valence-corrected chi connectivity index (χ1v) is 8.93. The molecule has 25 heavy (non-hydrogen) atoms. The van der Waals surface area contributed by atoms with E-state index in [1.807, 2.05) is 12.1 Å². The van der Waals surface area contributed by atoms with Crippen LogP contribution in [0, 0.1) is 0 Å². The third kappa shape index (κ3) is 6.92. The zero-order valence-corrected chi connectivity index (χ0v) is 16.5. The predicted octanol–water partition coefficient (Wildman–Crippen LogP) is 2.28. The van der Waals surface area contributed by atoms with Gasteiger partial charge in [0.25, 0.3) is 0 Å². The first kappa shape index (κ1) is 21.3. The van der Waals surface area contributed by atoms with E-state index in [1.165, 1.54) is 5.56 Å². The zero-order valence-electron chi connectivity index (χ0n) is 16.5. The molecule has 1 rings (SSSR count). The number of nitrogens with one attached hydrogen (secondary N) is 2. The van der Waals surface area contributed by atoms with Crippen molar-refractivity contribution in [3.8, 4) is 5.75 Å². The van der Waals surface area contributed by atoms with Crippen molar-refractivity contribution < 1.29 is 9.47 Å². The van der Waals surface area contributed by atoms with Gasteiger partial charge in [-0.15, -0.1) is 0 Å². The normalized spacial score (nSPS) is 14.3. The standard InChI is InChI=1S/C19H34N4O2/c1-7-23(8-2)18(16-10-9-11-17(12-16)25-6)13-21-19(20-4)22-15(3)14-24-5/h9-12,15,18H,7-8,13-14H2,1-6H3,(H2,20,21,22). The van der Waals surface area contributed by atoms with Crippen LogP contribution in [0.2, 0.25) is 0 Å². The third-order valence-corrected chi connectivity index (χ3v) is 4.22. The van der Waals surface area contributed by atoms with Crippen LogP contribution in [0.15, 0.2) is 29.3 Å². The summed E-state index contributed by atoms with van der Waals surface area (Å²) in [4.78, 5) is 6.74. The Hall–Kier alpha value is -1.79. The highest BCUT2D eigenvalue weighted by atomic mass is 16.5. The van der Waals surface area contributed by atoms with Crippen LogP contribution < -0.4 is 15.4 Å². The molecule has 0 saturated heterocycles. The predicted molar refractivity (Wildman–Crippen MR) is 104 cm³/mol. The molecule has 6 heteroatoms. The van der Waals surface area contributed by atoms with Crippen molar-refractivity contribution in [1.82, 2.24) is 15.5 Å². The van der Waals surface area contributed by atoms with Gasteiger partial charge in [0.2, 0.25) is 0 Å². The highest BCUT2D eigenvalue weighted by molar-refractivity contribution is 5.80. The molecule has 0 aliphatic heterocycles. The number of methoxy groups -OCH3 is 2. The zero-order chi connectivity index (χ0) is 18.7. The van der Waals surface area contributed by atoms with Gasteiger partial charge in [-0.1, -0.05) is 26.0 Å². The SMILES string of the molecule is CCN(CC)C(CNC(=NC)NC(C)COC)c1cccc(OC)c1. The quantitative estimate of drug-likeness (QED) is 0.501. The second-order valence-corrected chi connectivity index (χ2v) is 5.97. The fourth-order valence-corrected chi connectivity index (χ4v) is 2.88. The molecule has 0 aromatic heterocycles. The lowest BCUT2D eigenvalue weighted by Crippen LogP contribution is -2.47. The Morgan fingerprint density at radius 1 is 1.24 bits per heavy atom. The van der Waals surface area contributed by atoms with Gasteiger partial charge in [-0.05, 0) is 37.7 Å². The summed E-state index contributed by atoms with van der Waals surface area (Å²) < 4.78 is 10.6. The van der Waals surface area contributed by atoms with E-state index in [1.54, 1.807) is 21.3 Å². The molecule has 0 radical (unpaired) electrons. The minimum absolute atomic E-state index is 0.194. The Labute approximate surface area is 152 Å². The summed E-state index contributed by atoms with van der Waals surface area (Å²) in [6.45, 7) is 9.79. The molecule has 0 amide bonds. The van der Waals surface area contributed by atoms with Crippen LogP contribution in [-0.4, -0.2) is 64.4 Å². The van der Waals surface area contributed by atoms with E-state index in [-0.39, 0.29) is 12.1 Å². The van der Waals surface area contributed by atoms with E-state index in [9.17, 15) is 0 Å². The van der Waals surface area contributed by atoms with E-state index < -0.39 is 0 Å². The number of hydrogen-bond donors (Lipinski definition) is 2. The van der Waals surface area contributed by atoms with Gasteiger partial charge in [0.05, 0.1) is 19.8 Å². The molecule has 0 aliphatic rings. The van der Waals surface area contributed by atoms with Gasteiger partial charge in [0.1, 0.15) is 5.75 Å². The smallest absolute Gasteiger partial charge is 0.191 e. The monoisotopic (exact) mass is 350 g/mol. The maximum atomic E-state index is 5.39. The van der Waals surface area contributed by atoms with Crippen LogP contribution in [0.1, 0.15) is 32.4 Å². The van der Waals surface area contributed by atoms with Crippen molar-refractivity contribution in [3.05, 3.63) is 29.8 Å². The molecule has 0 heterocycles. The summed E-state index contributed by atoms with van der Waals surface area (Å²) >= 11 is 0. The number of rotatable bonds is 10. The highest BCUT2D eigenvalue weighted by Crippen LogP contribution is 2.23. The van der Waals surface area contributed by atoms with Gasteiger partial charge < -0.3 is 20.1 Å². The molecule has 2 unspecified atom stereocenters. The molecule has 0 bridgehead atoms. The van der Waals surface area contributed by atoms with Gasteiger partial charge in [0, 0.05) is 26.7 Å². The van der Waals surface area contributed by atoms with E-state index in [0.29, 0.717) is 6.61 Å². The average Bonchev–Trinajstić information content (AvgIpc) is 2.64. The molecular weight excluding hydrogens is 316 g/mol. The Balaban J connectivity index is 2.86. The van der Waals surface area contributed by atoms with Crippen molar-refractivity contribution in [2.45, 2.75) is 32.9 Å². The van der Waals surface area contributed by atoms with Crippen LogP contribution in [0.5, 0.6) is 5.75 Å². The minimum Gasteiger partial charge on any atom is -0.497 e. The summed E-state index contributed by atoms with van der Waals surface area (Å²) in [5.41, 5.74) is 1.23. The number of ether oxygens (including phenoxy) is 2. The summed E-state index contributed by atoms with van der Waals surface area (Å²) in [6, 6.07) is 8.70. The van der Waals surface area contributed by atoms with E-state index in [4.69, 9.17) is 9.47 Å². The van der Waals surface area contributed by atoms with Crippen molar-refractivity contribution in [3.63, 3.8) is 0 Å². The summed E-state index contributed by atoms with van der Waals surface area (Å²) in [6.07, 6.45) is 0. The van der Waals surface area contributed by atoms with E-state index >= 15 is 0 Å². The summed E-state index contributed by atoms with van der Waals surface area (Å²) in [5.74, 6) is 1.66. The Morgan fingerprint density at radius 2 is 1.96 bits per heavy atom. The number of nitrogens with zero attached hydrogens (tertiary/aromatic N) is 2. The number of guanidine groups is 1. The number of likely N-dealkylation sites (N-methyl/N-ethyl adjacent to an activating group) is 1. The first-order valence-electron chi connectivity index (χ1n) is 8.93. The largest absolute Gasteiger partial charge is 0.497 e. The van der Waals surface area contributed by atoms with Crippen molar-refractivity contribution in [2.24, 2.45) is 4.99 Å². The van der Waals surface area contributed by atoms with Crippen LogP contribution in [0.4, 0.5) is 0 Å². The number of benzene rings is 1. The average molecular weight is 351 g/mol. The van der Waals surface area contributed by atoms with Gasteiger partial charge >= 0.3 is 0 Å². The molecule has 0 fully saturated rings. The number of aliphatic imine (C=N–C) groups is 1. The fourth-order valence-electron chi connectivity index (χ4n) is 2.88. The van der Waals surface area contributed by atoms with Gasteiger partial charge in [-0.2, -0.15) is 0 Å². The maximum absolute atomic E-state index is 5.39. The van der Waals surface area contributed by atoms with Crippen molar-refractivity contribution >= 4 is 5.96 Å². The summed E-state index contributed by atoms with van der Waals surface area (Å²) in [5, 5.41) is 6.79. The first-order chi connectivity index (χ1) is 12.1. The molecule has 6 nitrogen and oxygen atoms in total. The summed E-state index contributed by atoms with van der Waals surface area (Å²) in [7, 11) is 5.19. The lowest BCUT2D eigenvalue weighted by atomic mass is 10.0. The molecule has 0 saturated carbocycles. The van der Waals surface area contributed by atoms with E-state index in [2.05, 4.69) is 53.4 Å². The van der Waals surface area contributed by atoms with Crippen LogP contribution in [0.25, 0.3) is 0 Å². The fraction of sp³-hybridized carbons (Fsp3) is 0.632. The third-order valence-electron chi connectivity index (χ3n) is 4.22. The minimum atomic E-state index is 0.194. The lowest BCUT2D eigenvalue weighted by Gasteiger charge is -2.31. The van der Waals surface area contributed by atoms with Gasteiger partial charge in [-0.25, -0.2) is 0 Å². The molecule has 2 N–H and O–H groups in total. The lowest BCUT2D eigenvalue weighted by molar-refractivity contribution is 0.178. The molecule has 1 aromatic rings. The number of hydrogen-bond acceptors (Lipinski definition) is 4. The maximum Gasteiger partial charge on any atom is 0.191 e. The molecule has 0 aliphatic carbocycles. The van der Waals surface area contributed by atoms with Gasteiger partial charge in [-0.3, -0.25) is 9.89 Å². The van der Waals surface area contributed by atoms with Gasteiger partial charge in [0.15, 0.2) is 5.96 Å². The molecule has 1 aromatic carbocycles. The van der Waals surface area contributed by atoms with E-state index in [0.717, 1.165) is 31.3 Å². The van der Waals surface area contributed by atoms with Crippen molar-refractivity contribution in [1.29, 1.82) is 0 Å². The molecule has 2 atom stereocenters. The highest BCUT2D eigenvalue weighted by Gasteiger charge is 2.19. The molecular formula is C19H34N4O2. The Kier molecular flexibility index (Phi) is 9.96. The second-order valence-electron chi connectivity index (χ2n) is 5.97. The Bertz CT molecular complexity index is 518. The van der Waals surface area contributed by atoms with Crippen LogP contribution >= 0.6 is 0 Å². The molecule has 0 spiro atoms. The van der Waals surface area contributed by atoms with Crippen molar-refractivity contribution in [2.75, 3.05) is 47.5 Å². The molecule has 142 valence electrons.